The van der Waals surface area contributed by atoms with Gasteiger partial charge >= 0.3 is 0 Å². The number of nitrogens with zero attached hydrogens (tertiary/aromatic N) is 3. The summed E-state index contributed by atoms with van der Waals surface area (Å²) in [6.45, 7) is 3.62. The van der Waals surface area contributed by atoms with Gasteiger partial charge in [-0.3, -0.25) is 9.48 Å². The number of carbonyl (C=O) groups excluding carboxylic acids is 1. The lowest BCUT2D eigenvalue weighted by molar-refractivity contribution is 0.0156. The first-order valence-corrected chi connectivity index (χ1v) is 7.67. The second kappa shape index (κ2) is 6.58. The Hall–Kier alpha value is -1.40. The SMILES string of the molecule is Cc1c(C(=O)N(C)CC2(O)CCCC2)cnn1CCCN. The highest BCUT2D eigenvalue weighted by Gasteiger charge is 2.34. The van der Waals surface area contributed by atoms with Crippen molar-refractivity contribution in [2.75, 3.05) is 20.1 Å². The van der Waals surface area contributed by atoms with Gasteiger partial charge in [0.1, 0.15) is 0 Å². The molecule has 0 saturated heterocycles. The van der Waals surface area contributed by atoms with E-state index in [0.717, 1.165) is 44.3 Å². The van der Waals surface area contributed by atoms with Crippen LogP contribution in [0.2, 0.25) is 0 Å². The molecule has 1 aliphatic carbocycles. The maximum atomic E-state index is 12.5. The van der Waals surface area contributed by atoms with Gasteiger partial charge in [-0.15, -0.1) is 0 Å². The Balaban J connectivity index is 2.03. The molecule has 6 nitrogen and oxygen atoms in total. The highest BCUT2D eigenvalue weighted by atomic mass is 16.3. The van der Waals surface area contributed by atoms with Crippen molar-refractivity contribution in [2.45, 2.75) is 51.2 Å². The smallest absolute Gasteiger partial charge is 0.257 e. The summed E-state index contributed by atoms with van der Waals surface area (Å²) in [6.07, 6.45) is 6.08. The van der Waals surface area contributed by atoms with Gasteiger partial charge in [0.15, 0.2) is 0 Å². The van der Waals surface area contributed by atoms with Gasteiger partial charge in [0.05, 0.1) is 17.4 Å². The molecule has 1 aromatic heterocycles. The molecule has 1 amide bonds. The van der Waals surface area contributed by atoms with Crippen molar-refractivity contribution >= 4 is 5.91 Å². The quantitative estimate of drug-likeness (QED) is 0.817. The third-order valence-corrected chi connectivity index (χ3v) is 4.32. The Morgan fingerprint density at radius 1 is 1.52 bits per heavy atom. The van der Waals surface area contributed by atoms with Gasteiger partial charge < -0.3 is 15.7 Å². The summed E-state index contributed by atoms with van der Waals surface area (Å²) in [7, 11) is 1.75. The molecule has 0 radical (unpaired) electrons. The highest BCUT2D eigenvalue weighted by Crippen LogP contribution is 2.30. The lowest BCUT2D eigenvalue weighted by atomic mass is 10.0. The molecule has 118 valence electrons. The normalized spacial score (nSPS) is 17.1. The van der Waals surface area contributed by atoms with Crippen LogP contribution < -0.4 is 5.73 Å². The molecular formula is C15H26N4O2. The van der Waals surface area contributed by atoms with Gasteiger partial charge in [-0.1, -0.05) is 12.8 Å². The molecule has 21 heavy (non-hydrogen) atoms. The zero-order chi connectivity index (χ0) is 15.5. The van der Waals surface area contributed by atoms with Gasteiger partial charge in [0.2, 0.25) is 0 Å². The molecule has 0 unspecified atom stereocenters. The molecule has 0 spiro atoms. The van der Waals surface area contributed by atoms with Gasteiger partial charge in [-0.2, -0.15) is 5.10 Å². The van der Waals surface area contributed by atoms with Crippen LogP contribution in [0.25, 0.3) is 0 Å². The molecule has 0 aromatic carbocycles. The maximum absolute atomic E-state index is 12.5. The number of nitrogens with two attached hydrogens (primary N) is 1. The fraction of sp³-hybridized carbons (Fsp3) is 0.733. The first kappa shape index (κ1) is 16.0. The lowest BCUT2D eigenvalue weighted by Crippen LogP contribution is -2.42. The van der Waals surface area contributed by atoms with E-state index in [1.165, 1.54) is 0 Å². The van der Waals surface area contributed by atoms with Crippen LogP contribution >= 0.6 is 0 Å². The van der Waals surface area contributed by atoms with Crippen molar-refractivity contribution in [2.24, 2.45) is 5.73 Å². The zero-order valence-electron chi connectivity index (χ0n) is 13.0. The van der Waals surface area contributed by atoms with E-state index in [-0.39, 0.29) is 5.91 Å². The minimum atomic E-state index is -0.714. The molecule has 0 atom stereocenters. The monoisotopic (exact) mass is 294 g/mol. The molecule has 6 heteroatoms. The molecule has 1 saturated carbocycles. The van der Waals surface area contributed by atoms with Crippen LogP contribution in [0, 0.1) is 6.92 Å². The molecule has 1 aliphatic rings. The number of aromatic nitrogens is 2. The van der Waals surface area contributed by atoms with Crippen molar-refractivity contribution in [1.82, 2.24) is 14.7 Å². The fourth-order valence-corrected chi connectivity index (χ4v) is 3.03. The predicted molar refractivity (Wildman–Crippen MR) is 81.0 cm³/mol. The Morgan fingerprint density at radius 3 is 2.81 bits per heavy atom. The number of rotatable bonds is 6. The van der Waals surface area contributed by atoms with Gasteiger partial charge in [-0.25, -0.2) is 0 Å². The summed E-state index contributed by atoms with van der Waals surface area (Å²) >= 11 is 0. The van der Waals surface area contributed by atoms with Crippen molar-refractivity contribution in [1.29, 1.82) is 0 Å². The minimum absolute atomic E-state index is 0.0770. The van der Waals surface area contributed by atoms with E-state index >= 15 is 0 Å². The molecule has 0 aliphatic heterocycles. The molecule has 0 bridgehead atoms. The maximum Gasteiger partial charge on any atom is 0.257 e. The van der Waals surface area contributed by atoms with Crippen molar-refractivity contribution in [3.8, 4) is 0 Å². The number of likely N-dealkylation sites (N-methyl/N-ethyl adjacent to an activating group) is 1. The van der Waals surface area contributed by atoms with Crippen LogP contribution in [0.4, 0.5) is 0 Å². The third kappa shape index (κ3) is 3.63. The van der Waals surface area contributed by atoms with Crippen LogP contribution in [0.15, 0.2) is 6.20 Å². The largest absolute Gasteiger partial charge is 0.388 e. The van der Waals surface area contributed by atoms with Gasteiger partial charge in [0.25, 0.3) is 5.91 Å². The second-order valence-corrected chi connectivity index (χ2v) is 6.10. The molecule has 1 fully saturated rings. The van der Waals surface area contributed by atoms with E-state index in [2.05, 4.69) is 5.10 Å². The molecule has 3 N–H and O–H groups in total. The topological polar surface area (TPSA) is 84.4 Å². The highest BCUT2D eigenvalue weighted by molar-refractivity contribution is 5.94. The van der Waals surface area contributed by atoms with E-state index < -0.39 is 5.60 Å². The van der Waals surface area contributed by atoms with E-state index in [1.807, 2.05) is 11.6 Å². The second-order valence-electron chi connectivity index (χ2n) is 6.10. The van der Waals surface area contributed by atoms with Gasteiger partial charge in [-0.05, 0) is 32.7 Å². The Morgan fingerprint density at radius 2 is 2.19 bits per heavy atom. The van der Waals surface area contributed by atoms with E-state index in [0.29, 0.717) is 18.7 Å². The van der Waals surface area contributed by atoms with Crippen molar-refractivity contribution < 1.29 is 9.90 Å². The first-order chi connectivity index (χ1) is 9.97. The Labute approximate surface area is 125 Å². The standard InChI is InChI=1S/C15H26N4O2/c1-12-13(10-17-19(12)9-5-8-16)14(20)18(2)11-15(21)6-3-4-7-15/h10,21H,3-9,11,16H2,1-2H3. The summed E-state index contributed by atoms with van der Waals surface area (Å²) in [5.74, 6) is -0.0770. The lowest BCUT2D eigenvalue weighted by Gasteiger charge is -2.28. The predicted octanol–water partition coefficient (Wildman–Crippen LogP) is 0.917. The summed E-state index contributed by atoms with van der Waals surface area (Å²) in [5.41, 5.74) is 6.26. The number of hydrogen-bond donors (Lipinski definition) is 2. The Bertz CT molecular complexity index is 492. The van der Waals surface area contributed by atoms with Crippen LogP contribution in [0.1, 0.15) is 48.2 Å². The van der Waals surface area contributed by atoms with Crippen LogP contribution in [-0.4, -0.2) is 51.4 Å². The van der Waals surface area contributed by atoms with E-state index in [9.17, 15) is 9.90 Å². The molecule has 1 aromatic rings. The number of aryl methyl sites for hydroxylation is 1. The molecule has 2 rings (SSSR count). The van der Waals surface area contributed by atoms with E-state index in [1.54, 1.807) is 18.1 Å². The number of amides is 1. The molecular weight excluding hydrogens is 268 g/mol. The summed E-state index contributed by atoms with van der Waals surface area (Å²) in [6, 6.07) is 0. The number of hydrogen-bond acceptors (Lipinski definition) is 4. The van der Waals surface area contributed by atoms with Crippen molar-refractivity contribution in [3.63, 3.8) is 0 Å². The van der Waals surface area contributed by atoms with Crippen LogP contribution in [0.5, 0.6) is 0 Å². The average Bonchev–Trinajstić information content (AvgIpc) is 3.02. The average molecular weight is 294 g/mol. The first-order valence-electron chi connectivity index (χ1n) is 7.67. The van der Waals surface area contributed by atoms with Crippen LogP contribution in [0.3, 0.4) is 0 Å². The summed E-state index contributed by atoms with van der Waals surface area (Å²) in [5, 5.41) is 14.7. The van der Waals surface area contributed by atoms with Gasteiger partial charge in [0, 0.05) is 25.8 Å². The Kier molecular flexibility index (Phi) is 5.00. The summed E-state index contributed by atoms with van der Waals surface area (Å²) in [4.78, 5) is 14.1. The fourth-order valence-electron chi connectivity index (χ4n) is 3.03. The van der Waals surface area contributed by atoms with E-state index in [4.69, 9.17) is 5.73 Å². The zero-order valence-corrected chi connectivity index (χ0v) is 13.0. The number of carbonyl (C=O) groups is 1. The summed E-state index contributed by atoms with van der Waals surface area (Å²) < 4.78 is 1.82. The van der Waals surface area contributed by atoms with Crippen molar-refractivity contribution in [3.05, 3.63) is 17.5 Å². The molecule has 1 heterocycles. The van der Waals surface area contributed by atoms with Crippen LogP contribution in [-0.2, 0) is 6.54 Å². The minimum Gasteiger partial charge on any atom is -0.388 e. The third-order valence-electron chi connectivity index (χ3n) is 4.32. The number of aliphatic hydroxyl groups is 1.